The first-order valence-electron chi connectivity index (χ1n) is 3.86. The first kappa shape index (κ1) is 10.7. The van der Waals surface area contributed by atoms with Gasteiger partial charge in [-0.1, -0.05) is 0 Å². The lowest BCUT2D eigenvalue weighted by atomic mass is 10.2. The third-order valence-electron chi connectivity index (χ3n) is 1.77. The number of hydrogen-bond acceptors (Lipinski definition) is 4. The molecule has 0 aliphatic carbocycles. The molecule has 1 aromatic carbocycles. The highest BCUT2D eigenvalue weighted by Crippen LogP contribution is 2.42. The maximum absolute atomic E-state index is 13.3. The van der Waals surface area contributed by atoms with Crippen LogP contribution in [0, 0.1) is 11.6 Å². The fraction of sp³-hybridized carbons (Fsp3) is 0.125. The minimum atomic E-state index is -1.03. The van der Waals surface area contributed by atoms with Crippen molar-refractivity contribution in [1.82, 2.24) is 4.72 Å². The van der Waals surface area contributed by atoms with E-state index < -0.39 is 11.6 Å². The summed E-state index contributed by atoms with van der Waals surface area (Å²) in [5, 5.41) is 0. The van der Waals surface area contributed by atoms with Gasteiger partial charge in [-0.2, -0.15) is 4.39 Å². The van der Waals surface area contributed by atoms with Crippen molar-refractivity contribution >= 4 is 38.3 Å². The van der Waals surface area contributed by atoms with Crippen LogP contribution in [0.3, 0.4) is 0 Å². The summed E-state index contributed by atoms with van der Waals surface area (Å²) in [7, 11) is 1.27. The highest BCUT2D eigenvalue weighted by Gasteiger charge is 2.22. The van der Waals surface area contributed by atoms with Crippen molar-refractivity contribution < 1.29 is 13.5 Å². The van der Waals surface area contributed by atoms with Crippen LogP contribution in [0.4, 0.5) is 14.5 Å². The van der Waals surface area contributed by atoms with Gasteiger partial charge in [-0.05, 0) is 33.9 Å². The molecule has 3 nitrogen and oxygen atoms in total. The van der Waals surface area contributed by atoms with Crippen molar-refractivity contribution in [1.29, 1.82) is 0 Å². The SMILES string of the molecule is COc1c(F)c(F)cc2c1N=C(Br)NS2. The van der Waals surface area contributed by atoms with Crippen LogP contribution in [0.2, 0.25) is 0 Å². The van der Waals surface area contributed by atoms with Gasteiger partial charge >= 0.3 is 0 Å². The second-order valence-electron chi connectivity index (χ2n) is 2.66. The van der Waals surface area contributed by atoms with E-state index in [0.717, 1.165) is 18.0 Å². The third-order valence-corrected chi connectivity index (χ3v) is 3.24. The number of aliphatic imine (C=N–C) groups is 1. The summed E-state index contributed by atoms with van der Waals surface area (Å²) in [5.74, 6) is -2.16. The Morgan fingerprint density at radius 1 is 1.53 bits per heavy atom. The van der Waals surface area contributed by atoms with E-state index in [1.807, 2.05) is 0 Å². The van der Waals surface area contributed by atoms with Crippen LogP contribution in [0.25, 0.3) is 0 Å². The Kier molecular flexibility index (Phi) is 2.83. The Hall–Kier alpha value is -0.820. The molecule has 1 aliphatic rings. The van der Waals surface area contributed by atoms with E-state index in [0.29, 0.717) is 9.64 Å². The first-order chi connectivity index (χ1) is 7.13. The van der Waals surface area contributed by atoms with Gasteiger partial charge in [0.25, 0.3) is 0 Å². The van der Waals surface area contributed by atoms with Crippen molar-refractivity contribution in [3.8, 4) is 5.75 Å². The Morgan fingerprint density at radius 3 is 2.93 bits per heavy atom. The summed E-state index contributed by atoms with van der Waals surface area (Å²) in [6, 6.07) is 1.08. The molecule has 1 heterocycles. The number of rotatable bonds is 1. The van der Waals surface area contributed by atoms with Gasteiger partial charge in [0.15, 0.2) is 16.3 Å². The van der Waals surface area contributed by atoms with Crippen LogP contribution in [-0.4, -0.2) is 11.9 Å². The smallest absolute Gasteiger partial charge is 0.202 e. The monoisotopic (exact) mass is 294 g/mol. The van der Waals surface area contributed by atoms with E-state index >= 15 is 0 Å². The van der Waals surface area contributed by atoms with Gasteiger partial charge in [-0.15, -0.1) is 0 Å². The van der Waals surface area contributed by atoms with E-state index in [1.165, 1.54) is 7.11 Å². The molecule has 80 valence electrons. The molecule has 1 aromatic rings. The van der Waals surface area contributed by atoms with Crippen LogP contribution in [-0.2, 0) is 0 Å². The highest BCUT2D eigenvalue weighted by atomic mass is 79.9. The molecular formula is C8H5BrF2N2OS. The Bertz CT molecular complexity index is 453. The molecule has 1 aliphatic heterocycles. The molecule has 0 radical (unpaired) electrons. The molecule has 0 saturated carbocycles. The second-order valence-corrected chi connectivity index (χ2v) is 4.26. The summed E-state index contributed by atoms with van der Waals surface area (Å²) in [6.07, 6.45) is 0. The van der Waals surface area contributed by atoms with Gasteiger partial charge < -0.3 is 9.46 Å². The molecule has 0 bridgehead atoms. The molecule has 15 heavy (non-hydrogen) atoms. The second kappa shape index (κ2) is 3.97. The minimum Gasteiger partial charge on any atom is -0.491 e. The summed E-state index contributed by atoms with van der Waals surface area (Å²) >= 11 is 4.25. The van der Waals surface area contributed by atoms with Crippen LogP contribution in [0.15, 0.2) is 16.0 Å². The fourth-order valence-electron chi connectivity index (χ4n) is 1.16. The average Bonchev–Trinajstić information content (AvgIpc) is 2.21. The number of amidine groups is 1. The van der Waals surface area contributed by atoms with E-state index in [-0.39, 0.29) is 11.4 Å². The van der Waals surface area contributed by atoms with Crippen molar-refractivity contribution in [2.45, 2.75) is 4.90 Å². The van der Waals surface area contributed by atoms with Crippen molar-refractivity contribution in [2.24, 2.45) is 4.99 Å². The number of hydrogen-bond donors (Lipinski definition) is 1. The molecule has 0 amide bonds. The molecule has 2 rings (SSSR count). The van der Waals surface area contributed by atoms with Gasteiger partial charge in [0, 0.05) is 0 Å². The largest absolute Gasteiger partial charge is 0.491 e. The van der Waals surface area contributed by atoms with Crippen LogP contribution >= 0.6 is 27.9 Å². The molecular weight excluding hydrogens is 290 g/mol. The number of ether oxygens (including phenoxy) is 1. The quantitative estimate of drug-likeness (QED) is 0.639. The topological polar surface area (TPSA) is 33.6 Å². The number of halogens is 3. The van der Waals surface area contributed by atoms with Crippen LogP contribution in [0.5, 0.6) is 5.75 Å². The van der Waals surface area contributed by atoms with Crippen LogP contribution in [0.1, 0.15) is 0 Å². The molecule has 0 aromatic heterocycles. The van der Waals surface area contributed by atoms with E-state index in [9.17, 15) is 8.78 Å². The molecule has 7 heteroatoms. The number of benzene rings is 1. The zero-order valence-corrected chi connectivity index (χ0v) is 9.88. The Morgan fingerprint density at radius 2 is 2.27 bits per heavy atom. The standard InChI is InChI=1S/C8H5BrF2N2OS/c1-14-7-5(11)3(10)2-4-6(7)12-8(9)13-15-4/h2H,1H3,(H,12,13). The van der Waals surface area contributed by atoms with E-state index in [1.54, 1.807) is 0 Å². The predicted molar refractivity (Wildman–Crippen MR) is 57.9 cm³/mol. The zero-order chi connectivity index (χ0) is 11.0. The molecule has 0 fully saturated rings. The summed E-state index contributed by atoms with van der Waals surface area (Å²) in [4.78, 5) is 4.47. The number of fused-ring (bicyclic) bond motifs is 1. The van der Waals surface area contributed by atoms with Crippen LogP contribution < -0.4 is 9.46 Å². The van der Waals surface area contributed by atoms with Crippen molar-refractivity contribution in [3.05, 3.63) is 17.7 Å². The number of nitrogens with one attached hydrogen (secondary N) is 1. The van der Waals surface area contributed by atoms with Gasteiger partial charge in [0.1, 0.15) is 5.69 Å². The van der Waals surface area contributed by atoms with Crippen molar-refractivity contribution in [3.63, 3.8) is 0 Å². The van der Waals surface area contributed by atoms with Gasteiger partial charge in [0.05, 0.1) is 12.0 Å². The minimum absolute atomic E-state index is 0.184. The number of methoxy groups -OCH3 is 1. The predicted octanol–water partition coefficient (Wildman–Crippen LogP) is 2.97. The zero-order valence-electron chi connectivity index (χ0n) is 7.47. The lowest BCUT2D eigenvalue weighted by Crippen LogP contribution is -2.12. The van der Waals surface area contributed by atoms with E-state index in [2.05, 4.69) is 25.6 Å². The summed E-state index contributed by atoms with van der Waals surface area (Å²) in [5.41, 5.74) is 0.284. The fourth-order valence-corrected chi connectivity index (χ4v) is 2.22. The molecule has 0 atom stereocenters. The molecule has 0 saturated heterocycles. The normalized spacial score (nSPS) is 14.0. The molecule has 0 spiro atoms. The number of nitrogens with zero attached hydrogens (tertiary/aromatic N) is 1. The third kappa shape index (κ3) is 1.81. The average molecular weight is 295 g/mol. The summed E-state index contributed by atoms with van der Waals surface area (Å²) < 4.78 is 34.4. The Labute approximate surface area is 97.2 Å². The van der Waals surface area contributed by atoms with Gasteiger partial charge in [-0.25, -0.2) is 9.38 Å². The molecule has 0 unspecified atom stereocenters. The van der Waals surface area contributed by atoms with Gasteiger partial charge in [0.2, 0.25) is 5.82 Å². The highest BCUT2D eigenvalue weighted by molar-refractivity contribution is 9.18. The first-order valence-corrected chi connectivity index (χ1v) is 5.47. The van der Waals surface area contributed by atoms with Crippen molar-refractivity contribution in [2.75, 3.05) is 7.11 Å². The maximum Gasteiger partial charge on any atom is 0.202 e. The maximum atomic E-state index is 13.3. The van der Waals surface area contributed by atoms with Gasteiger partial charge in [-0.3, -0.25) is 0 Å². The summed E-state index contributed by atoms with van der Waals surface area (Å²) in [6.45, 7) is 0. The lowest BCUT2D eigenvalue weighted by molar-refractivity contribution is 0.371. The Balaban J connectivity index is 2.68. The lowest BCUT2D eigenvalue weighted by Gasteiger charge is -2.16. The van der Waals surface area contributed by atoms with E-state index in [4.69, 9.17) is 4.74 Å². The molecule has 1 N–H and O–H groups in total.